The Kier molecular flexibility index (Phi) is 1.63. The molecule has 5 heteroatoms. The summed E-state index contributed by atoms with van der Waals surface area (Å²) >= 11 is 0. The number of primary amides is 1. The van der Waals surface area contributed by atoms with E-state index in [-0.39, 0.29) is 0 Å². The fourth-order valence-corrected chi connectivity index (χ4v) is 1.13. The van der Waals surface area contributed by atoms with Crippen LogP contribution in [0.4, 0.5) is 0 Å². The van der Waals surface area contributed by atoms with Gasteiger partial charge in [-0.05, 0) is 11.3 Å². The van der Waals surface area contributed by atoms with Gasteiger partial charge in [-0.15, -0.1) is 10.2 Å². The van der Waals surface area contributed by atoms with Gasteiger partial charge in [0, 0.05) is 5.39 Å². The van der Waals surface area contributed by atoms with E-state index >= 15 is 0 Å². The van der Waals surface area contributed by atoms with Gasteiger partial charge in [0.2, 0.25) is 0 Å². The number of amides is 1. The average molecular weight is 174 g/mol. The standard InChI is InChI=1S/C8H6N4O/c9-8(13)6-3-1-2-5-4-10-12-11-7(5)6/h1-4H,(H2,9,13). The maximum absolute atomic E-state index is 10.9. The van der Waals surface area contributed by atoms with Gasteiger partial charge in [-0.25, -0.2) is 0 Å². The second-order valence-electron chi connectivity index (χ2n) is 2.54. The predicted molar refractivity (Wildman–Crippen MR) is 45.9 cm³/mol. The van der Waals surface area contributed by atoms with Gasteiger partial charge in [-0.1, -0.05) is 12.1 Å². The summed E-state index contributed by atoms with van der Waals surface area (Å²) in [7, 11) is 0. The Bertz CT molecular complexity index is 463. The molecule has 0 aliphatic heterocycles. The minimum absolute atomic E-state index is 0.368. The van der Waals surface area contributed by atoms with Crippen molar-refractivity contribution >= 4 is 16.8 Å². The van der Waals surface area contributed by atoms with E-state index in [2.05, 4.69) is 15.4 Å². The molecule has 0 atom stereocenters. The second kappa shape index (κ2) is 2.78. The van der Waals surface area contributed by atoms with Gasteiger partial charge in [0.25, 0.3) is 5.91 Å². The van der Waals surface area contributed by atoms with Crippen LogP contribution < -0.4 is 5.73 Å². The molecule has 1 aromatic heterocycles. The number of carbonyl (C=O) groups excluding carboxylic acids is 1. The van der Waals surface area contributed by atoms with E-state index in [0.29, 0.717) is 11.1 Å². The first kappa shape index (κ1) is 7.60. The van der Waals surface area contributed by atoms with Crippen molar-refractivity contribution in [2.45, 2.75) is 0 Å². The number of hydrogen-bond donors (Lipinski definition) is 1. The van der Waals surface area contributed by atoms with Crippen molar-refractivity contribution < 1.29 is 4.79 Å². The number of nitrogens with two attached hydrogens (primary N) is 1. The van der Waals surface area contributed by atoms with Crippen molar-refractivity contribution in [2.75, 3.05) is 0 Å². The van der Waals surface area contributed by atoms with Crippen molar-refractivity contribution in [1.29, 1.82) is 0 Å². The van der Waals surface area contributed by atoms with Gasteiger partial charge < -0.3 is 5.73 Å². The van der Waals surface area contributed by atoms with Crippen molar-refractivity contribution in [3.8, 4) is 0 Å². The molecule has 0 radical (unpaired) electrons. The molecule has 0 fully saturated rings. The van der Waals surface area contributed by atoms with Gasteiger partial charge in [-0.2, -0.15) is 0 Å². The lowest BCUT2D eigenvalue weighted by molar-refractivity contribution is 0.100. The summed E-state index contributed by atoms with van der Waals surface area (Å²) in [6, 6.07) is 5.13. The van der Waals surface area contributed by atoms with Crippen molar-refractivity contribution in [3.63, 3.8) is 0 Å². The molecule has 1 heterocycles. The minimum atomic E-state index is -0.508. The topological polar surface area (TPSA) is 81.8 Å². The zero-order valence-corrected chi connectivity index (χ0v) is 6.64. The Morgan fingerprint density at radius 3 is 3.00 bits per heavy atom. The number of hydrogen-bond acceptors (Lipinski definition) is 4. The monoisotopic (exact) mass is 174 g/mol. The molecule has 2 aromatic rings. The highest BCUT2D eigenvalue weighted by Crippen LogP contribution is 2.12. The molecule has 0 unspecified atom stereocenters. The van der Waals surface area contributed by atoms with E-state index in [1.165, 1.54) is 6.20 Å². The summed E-state index contributed by atoms with van der Waals surface area (Å²) in [5, 5.41) is 11.5. The van der Waals surface area contributed by atoms with Crippen molar-refractivity contribution in [3.05, 3.63) is 30.0 Å². The zero-order chi connectivity index (χ0) is 9.26. The SMILES string of the molecule is NC(=O)c1cccc2cnnnc12. The van der Waals surface area contributed by atoms with Gasteiger partial charge in [0.1, 0.15) is 5.52 Å². The first-order chi connectivity index (χ1) is 6.29. The summed E-state index contributed by atoms with van der Waals surface area (Å²) < 4.78 is 0. The first-order valence-corrected chi connectivity index (χ1v) is 3.66. The van der Waals surface area contributed by atoms with E-state index in [4.69, 9.17) is 5.73 Å². The molecule has 2 rings (SSSR count). The summed E-state index contributed by atoms with van der Waals surface area (Å²) in [6.45, 7) is 0. The number of aromatic nitrogens is 3. The number of nitrogens with zero attached hydrogens (tertiary/aromatic N) is 3. The van der Waals surface area contributed by atoms with Gasteiger partial charge in [0.15, 0.2) is 0 Å². The predicted octanol–water partition coefficient (Wildman–Crippen LogP) is 0.124. The smallest absolute Gasteiger partial charge is 0.250 e. The molecule has 0 aliphatic carbocycles. The normalized spacial score (nSPS) is 10.2. The molecule has 5 nitrogen and oxygen atoms in total. The molecule has 0 saturated heterocycles. The van der Waals surface area contributed by atoms with Gasteiger partial charge in [0.05, 0.1) is 11.8 Å². The number of fused-ring (bicyclic) bond motifs is 1. The Hall–Kier alpha value is -2.04. The third kappa shape index (κ3) is 1.20. The number of carbonyl (C=O) groups is 1. The zero-order valence-electron chi connectivity index (χ0n) is 6.64. The molecular formula is C8H6N4O. The average Bonchev–Trinajstić information content (AvgIpc) is 2.17. The van der Waals surface area contributed by atoms with Crippen LogP contribution in [0.2, 0.25) is 0 Å². The van der Waals surface area contributed by atoms with Crippen LogP contribution in [0.3, 0.4) is 0 Å². The van der Waals surface area contributed by atoms with Crippen LogP contribution in [-0.4, -0.2) is 21.3 Å². The highest BCUT2D eigenvalue weighted by atomic mass is 16.1. The van der Waals surface area contributed by atoms with Crippen LogP contribution in [0.1, 0.15) is 10.4 Å². The highest BCUT2D eigenvalue weighted by Gasteiger charge is 2.06. The van der Waals surface area contributed by atoms with Crippen LogP contribution in [0.15, 0.2) is 24.4 Å². The molecule has 64 valence electrons. The molecule has 2 N–H and O–H groups in total. The Labute approximate surface area is 73.6 Å². The number of benzene rings is 1. The van der Waals surface area contributed by atoms with E-state index in [1.54, 1.807) is 18.2 Å². The van der Waals surface area contributed by atoms with E-state index in [9.17, 15) is 4.79 Å². The summed E-state index contributed by atoms with van der Waals surface area (Å²) in [6.07, 6.45) is 1.54. The Morgan fingerprint density at radius 1 is 1.38 bits per heavy atom. The molecule has 1 amide bonds. The fourth-order valence-electron chi connectivity index (χ4n) is 1.13. The minimum Gasteiger partial charge on any atom is -0.366 e. The van der Waals surface area contributed by atoms with Gasteiger partial charge in [-0.3, -0.25) is 4.79 Å². The van der Waals surface area contributed by atoms with Crippen molar-refractivity contribution in [2.24, 2.45) is 5.73 Å². The Balaban J connectivity index is 2.83. The molecule has 1 aromatic carbocycles. The molecule has 0 spiro atoms. The van der Waals surface area contributed by atoms with Crippen LogP contribution in [0, 0.1) is 0 Å². The van der Waals surface area contributed by atoms with E-state index in [1.807, 2.05) is 0 Å². The van der Waals surface area contributed by atoms with E-state index < -0.39 is 5.91 Å². The molecule has 13 heavy (non-hydrogen) atoms. The lowest BCUT2D eigenvalue weighted by atomic mass is 10.1. The first-order valence-electron chi connectivity index (χ1n) is 3.66. The third-order valence-electron chi connectivity index (χ3n) is 1.73. The lowest BCUT2D eigenvalue weighted by Gasteiger charge is -1.98. The molecule has 0 saturated carbocycles. The highest BCUT2D eigenvalue weighted by molar-refractivity contribution is 6.04. The third-order valence-corrected chi connectivity index (χ3v) is 1.73. The summed E-state index contributed by atoms with van der Waals surface area (Å²) in [4.78, 5) is 10.9. The van der Waals surface area contributed by atoms with Crippen LogP contribution in [-0.2, 0) is 0 Å². The van der Waals surface area contributed by atoms with Crippen LogP contribution in [0.25, 0.3) is 10.9 Å². The lowest BCUT2D eigenvalue weighted by Crippen LogP contribution is -2.12. The molecular weight excluding hydrogens is 168 g/mol. The molecule has 0 aliphatic rings. The maximum atomic E-state index is 10.9. The largest absolute Gasteiger partial charge is 0.366 e. The summed E-state index contributed by atoms with van der Waals surface area (Å²) in [5.74, 6) is -0.508. The van der Waals surface area contributed by atoms with Crippen molar-refractivity contribution in [1.82, 2.24) is 15.4 Å². The van der Waals surface area contributed by atoms with E-state index in [0.717, 1.165) is 5.39 Å². The second-order valence-corrected chi connectivity index (χ2v) is 2.54. The van der Waals surface area contributed by atoms with Crippen LogP contribution >= 0.6 is 0 Å². The Morgan fingerprint density at radius 2 is 2.23 bits per heavy atom. The quantitative estimate of drug-likeness (QED) is 0.665. The fraction of sp³-hybridized carbons (Fsp3) is 0. The maximum Gasteiger partial charge on any atom is 0.250 e. The number of rotatable bonds is 1. The van der Waals surface area contributed by atoms with Gasteiger partial charge >= 0.3 is 0 Å². The summed E-state index contributed by atoms with van der Waals surface area (Å²) in [5.41, 5.74) is 6.01. The van der Waals surface area contributed by atoms with Crippen LogP contribution in [0.5, 0.6) is 0 Å². The molecule has 0 bridgehead atoms.